The molecular formula is C5H8N2O. The first kappa shape index (κ1) is 5.31. The molecule has 0 aliphatic heterocycles. The molecule has 0 bridgehead atoms. The summed E-state index contributed by atoms with van der Waals surface area (Å²) in [5.74, 6) is 0. The standard InChI is InChI=1S/C5H8N2O/c8-5-4-7-3-1-2-6-7/h1-3,8H,4-5H2. The number of hydrogen-bond donors (Lipinski definition) is 1. The molecule has 0 fully saturated rings. The van der Waals surface area contributed by atoms with Crippen molar-refractivity contribution in [2.75, 3.05) is 6.61 Å². The zero-order valence-electron chi connectivity index (χ0n) is 4.49. The van der Waals surface area contributed by atoms with E-state index in [-0.39, 0.29) is 6.61 Å². The van der Waals surface area contributed by atoms with Crippen LogP contribution in [0.15, 0.2) is 18.5 Å². The van der Waals surface area contributed by atoms with Gasteiger partial charge in [0.05, 0.1) is 13.2 Å². The Morgan fingerprint density at radius 3 is 3.00 bits per heavy atom. The summed E-state index contributed by atoms with van der Waals surface area (Å²) in [4.78, 5) is 0. The number of aromatic nitrogens is 2. The van der Waals surface area contributed by atoms with Crippen LogP contribution in [0, 0.1) is 0 Å². The Morgan fingerprint density at radius 1 is 1.62 bits per heavy atom. The summed E-state index contributed by atoms with van der Waals surface area (Å²) in [6.45, 7) is 0.745. The van der Waals surface area contributed by atoms with Crippen LogP contribution in [-0.2, 0) is 6.54 Å². The van der Waals surface area contributed by atoms with Crippen molar-refractivity contribution in [3.63, 3.8) is 0 Å². The molecule has 0 aliphatic carbocycles. The van der Waals surface area contributed by atoms with E-state index in [2.05, 4.69) is 5.10 Å². The third kappa shape index (κ3) is 1.07. The van der Waals surface area contributed by atoms with Gasteiger partial charge in [-0.15, -0.1) is 0 Å². The van der Waals surface area contributed by atoms with Gasteiger partial charge in [0.1, 0.15) is 0 Å². The van der Waals surface area contributed by atoms with Crippen LogP contribution >= 0.6 is 0 Å². The topological polar surface area (TPSA) is 38.0 Å². The average molecular weight is 112 g/mol. The third-order valence-electron chi connectivity index (χ3n) is 0.888. The molecule has 1 aromatic rings. The zero-order valence-corrected chi connectivity index (χ0v) is 4.49. The Balaban J connectivity index is 2.50. The van der Waals surface area contributed by atoms with Crippen molar-refractivity contribution >= 4 is 0 Å². The molecule has 0 saturated heterocycles. The highest BCUT2D eigenvalue weighted by Crippen LogP contribution is 1.80. The van der Waals surface area contributed by atoms with Gasteiger partial charge in [-0.2, -0.15) is 5.10 Å². The number of nitrogens with zero attached hydrogens (tertiary/aromatic N) is 2. The predicted octanol–water partition coefficient (Wildman–Crippen LogP) is -0.125. The SMILES string of the molecule is OCCn1cccn1. The molecule has 0 aliphatic rings. The average Bonchev–Trinajstić information content (AvgIpc) is 2.19. The van der Waals surface area contributed by atoms with Crippen molar-refractivity contribution < 1.29 is 5.11 Å². The van der Waals surface area contributed by atoms with Gasteiger partial charge in [-0.25, -0.2) is 0 Å². The highest BCUT2D eigenvalue weighted by atomic mass is 16.3. The lowest BCUT2D eigenvalue weighted by Gasteiger charge is -1.92. The summed E-state index contributed by atoms with van der Waals surface area (Å²) in [6.07, 6.45) is 3.51. The van der Waals surface area contributed by atoms with E-state index in [9.17, 15) is 0 Å². The second-order valence-corrected chi connectivity index (χ2v) is 1.49. The molecule has 0 radical (unpaired) electrons. The van der Waals surface area contributed by atoms with Gasteiger partial charge in [-0.3, -0.25) is 4.68 Å². The molecule has 3 nitrogen and oxygen atoms in total. The monoisotopic (exact) mass is 112 g/mol. The number of aliphatic hydroxyl groups is 1. The Kier molecular flexibility index (Phi) is 1.64. The Bertz CT molecular complexity index is 136. The first-order valence-corrected chi connectivity index (χ1v) is 2.52. The third-order valence-corrected chi connectivity index (χ3v) is 0.888. The molecular weight excluding hydrogens is 104 g/mol. The Morgan fingerprint density at radius 2 is 2.50 bits per heavy atom. The van der Waals surface area contributed by atoms with E-state index in [0.717, 1.165) is 0 Å². The molecule has 1 heterocycles. The van der Waals surface area contributed by atoms with E-state index in [1.165, 1.54) is 0 Å². The summed E-state index contributed by atoms with van der Waals surface area (Å²) in [6, 6.07) is 1.83. The van der Waals surface area contributed by atoms with Gasteiger partial charge in [0.15, 0.2) is 0 Å². The highest BCUT2D eigenvalue weighted by Gasteiger charge is 1.83. The lowest BCUT2D eigenvalue weighted by molar-refractivity contribution is 0.269. The summed E-state index contributed by atoms with van der Waals surface area (Å²) in [5.41, 5.74) is 0. The molecule has 0 spiro atoms. The Hall–Kier alpha value is -0.830. The fourth-order valence-corrected chi connectivity index (χ4v) is 0.535. The van der Waals surface area contributed by atoms with Crippen LogP contribution in [0.4, 0.5) is 0 Å². The van der Waals surface area contributed by atoms with Gasteiger partial charge >= 0.3 is 0 Å². The van der Waals surface area contributed by atoms with Gasteiger partial charge in [0.2, 0.25) is 0 Å². The molecule has 0 amide bonds. The van der Waals surface area contributed by atoms with Crippen molar-refractivity contribution in [2.24, 2.45) is 0 Å². The maximum atomic E-state index is 8.38. The molecule has 1 rings (SSSR count). The van der Waals surface area contributed by atoms with E-state index in [1.807, 2.05) is 12.3 Å². The molecule has 8 heavy (non-hydrogen) atoms. The minimum Gasteiger partial charge on any atom is -0.394 e. The quantitative estimate of drug-likeness (QED) is 0.579. The van der Waals surface area contributed by atoms with E-state index >= 15 is 0 Å². The first-order valence-electron chi connectivity index (χ1n) is 2.52. The zero-order chi connectivity index (χ0) is 5.82. The maximum Gasteiger partial charge on any atom is 0.0640 e. The van der Waals surface area contributed by atoms with Crippen molar-refractivity contribution in [3.05, 3.63) is 18.5 Å². The molecule has 0 saturated carbocycles. The van der Waals surface area contributed by atoms with Crippen LogP contribution in [0.25, 0.3) is 0 Å². The minimum atomic E-state index is 0.154. The highest BCUT2D eigenvalue weighted by molar-refractivity contribution is 4.77. The minimum absolute atomic E-state index is 0.154. The van der Waals surface area contributed by atoms with Gasteiger partial charge in [0.25, 0.3) is 0 Å². The summed E-state index contributed by atoms with van der Waals surface area (Å²) in [7, 11) is 0. The molecule has 0 atom stereocenters. The van der Waals surface area contributed by atoms with Crippen molar-refractivity contribution in [1.29, 1.82) is 0 Å². The van der Waals surface area contributed by atoms with Crippen molar-refractivity contribution in [1.82, 2.24) is 9.78 Å². The Labute approximate surface area is 47.6 Å². The lowest BCUT2D eigenvalue weighted by atomic mass is 10.7. The van der Waals surface area contributed by atoms with Crippen LogP contribution in [0.5, 0.6) is 0 Å². The molecule has 1 aromatic heterocycles. The largest absolute Gasteiger partial charge is 0.394 e. The molecule has 44 valence electrons. The van der Waals surface area contributed by atoms with Crippen LogP contribution in [0.2, 0.25) is 0 Å². The first-order chi connectivity index (χ1) is 3.93. The fraction of sp³-hybridized carbons (Fsp3) is 0.400. The molecule has 1 N–H and O–H groups in total. The van der Waals surface area contributed by atoms with Gasteiger partial charge < -0.3 is 5.11 Å². The van der Waals surface area contributed by atoms with E-state index in [1.54, 1.807) is 10.9 Å². The maximum absolute atomic E-state index is 8.38. The normalized spacial score (nSPS) is 9.62. The van der Waals surface area contributed by atoms with Crippen molar-refractivity contribution in [2.45, 2.75) is 6.54 Å². The van der Waals surface area contributed by atoms with E-state index in [0.29, 0.717) is 6.54 Å². The van der Waals surface area contributed by atoms with Gasteiger partial charge in [-0.05, 0) is 6.07 Å². The predicted molar refractivity (Wildman–Crippen MR) is 29.3 cm³/mol. The van der Waals surface area contributed by atoms with Crippen LogP contribution in [-0.4, -0.2) is 21.5 Å². The second-order valence-electron chi connectivity index (χ2n) is 1.49. The second kappa shape index (κ2) is 2.47. The molecule has 0 aromatic carbocycles. The smallest absolute Gasteiger partial charge is 0.0640 e. The van der Waals surface area contributed by atoms with Crippen LogP contribution < -0.4 is 0 Å². The summed E-state index contributed by atoms with van der Waals surface area (Å²) in [5, 5.41) is 12.2. The summed E-state index contributed by atoms with van der Waals surface area (Å²) < 4.78 is 1.68. The fourth-order valence-electron chi connectivity index (χ4n) is 0.535. The van der Waals surface area contributed by atoms with Crippen molar-refractivity contribution in [3.8, 4) is 0 Å². The molecule has 0 unspecified atom stereocenters. The van der Waals surface area contributed by atoms with Crippen LogP contribution in [0.3, 0.4) is 0 Å². The number of hydrogen-bond acceptors (Lipinski definition) is 2. The number of rotatable bonds is 2. The number of aliphatic hydroxyl groups excluding tert-OH is 1. The lowest BCUT2D eigenvalue weighted by Crippen LogP contribution is -2.01. The van der Waals surface area contributed by atoms with E-state index < -0.39 is 0 Å². The van der Waals surface area contributed by atoms with Crippen LogP contribution in [0.1, 0.15) is 0 Å². The van der Waals surface area contributed by atoms with Gasteiger partial charge in [0, 0.05) is 12.4 Å². The molecule has 3 heteroatoms. The van der Waals surface area contributed by atoms with Gasteiger partial charge in [-0.1, -0.05) is 0 Å². The van der Waals surface area contributed by atoms with E-state index in [4.69, 9.17) is 5.11 Å². The summed E-state index contributed by atoms with van der Waals surface area (Å²) >= 11 is 0.